The fourth-order valence-corrected chi connectivity index (χ4v) is 3.10. The highest BCUT2D eigenvalue weighted by Crippen LogP contribution is 2.58. The number of hydrogen-bond donors (Lipinski definition) is 2. The van der Waals surface area contributed by atoms with Crippen molar-refractivity contribution < 1.29 is 19.4 Å². The monoisotopic (exact) mass is 284 g/mol. The molecule has 0 aromatic carbocycles. The van der Waals surface area contributed by atoms with Gasteiger partial charge in [-0.05, 0) is 12.0 Å². The van der Waals surface area contributed by atoms with E-state index in [0.717, 1.165) is 19.6 Å². The maximum Gasteiger partial charge on any atom is 0.307 e. The topological polar surface area (TPSA) is 78.9 Å². The molecular formula is C14H24N2O4. The molecule has 0 aromatic rings. The van der Waals surface area contributed by atoms with Crippen molar-refractivity contribution in [3.05, 3.63) is 0 Å². The number of nitrogens with zero attached hydrogens (tertiary/aromatic N) is 1. The summed E-state index contributed by atoms with van der Waals surface area (Å²) in [7, 11) is 0. The van der Waals surface area contributed by atoms with Crippen molar-refractivity contribution in [3.63, 3.8) is 0 Å². The first-order valence-corrected chi connectivity index (χ1v) is 7.22. The Balaban J connectivity index is 1.80. The number of carbonyl (C=O) groups is 2. The van der Waals surface area contributed by atoms with Gasteiger partial charge in [-0.25, -0.2) is 0 Å². The van der Waals surface area contributed by atoms with Crippen LogP contribution in [0.3, 0.4) is 0 Å². The predicted molar refractivity (Wildman–Crippen MR) is 73.3 cm³/mol. The van der Waals surface area contributed by atoms with Crippen LogP contribution in [-0.4, -0.2) is 60.8 Å². The molecular weight excluding hydrogens is 260 g/mol. The predicted octanol–water partition coefficient (Wildman–Crippen LogP) is 0.180. The van der Waals surface area contributed by atoms with Crippen LogP contribution in [0.25, 0.3) is 0 Å². The summed E-state index contributed by atoms with van der Waals surface area (Å²) in [6.45, 7) is 9.60. The van der Waals surface area contributed by atoms with Crippen molar-refractivity contribution in [2.75, 3.05) is 32.8 Å². The van der Waals surface area contributed by atoms with Gasteiger partial charge < -0.3 is 15.2 Å². The van der Waals surface area contributed by atoms with Crippen LogP contribution >= 0.6 is 0 Å². The van der Waals surface area contributed by atoms with Crippen LogP contribution in [0.2, 0.25) is 0 Å². The fraction of sp³-hybridized carbons (Fsp3) is 0.857. The highest BCUT2D eigenvalue weighted by atomic mass is 16.5. The minimum absolute atomic E-state index is 0.00205. The number of likely N-dealkylation sites (N-methyl/N-ethyl adjacent to an activating group) is 1. The van der Waals surface area contributed by atoms with E-state index in [1.807, 2.05) is 13.8 Å². The second-order valence-corrected chi connectivity index (χ2v) is 6.25. The van der Waals surface area contributed by atoms with Gasteiger partial charge in [0, 0.05) is 19.6 Å². The quantitative estimate of drug-likeness (QED) is 0.753. The smallest absolute Gasteiger partial charge is 0.307 e. The summed E-state index contributed by atoms with van der Waals surface area (Å²) in [5, 5.41) is 11.9. The molecule has 2 fully saturated rings. The maximum atomic E-state index is 12.1. The Bertz CT molecular complexity index is 397. The van der Waals surface area contributed by atoms with E-state index in [9.17, 15) is 9.59 Å². The summed E-state index contributed by atoms with van der Waals surface area (Å²) in [6, 6.07) is 0. The molecule has 2 N–H and O–H groups in total. The molecule has 0 bridgehead atoms. The van der Waals surface area contributed by atoms with Crippen LogP contribution in [-0.2, 0) is 14.3 Å². The second kappa shape index (κ2) is 5.69. The Morgan fingerprint density at radius 2 is 2.10 bits per heavy atom. The van der Waals surface area contributed by atoms with Crippen LogP contribution in [0.5, 0.6) is 0 Å². The second-order valence-electron chi connectivity index (χ2n) is 6.25. The van der Waals surface area contributed by atoms with Crippen LogP contribution in [0.15, 0.2) is 0 Å². The number of carbonyl (C=O) groups excluding carboxylic acids is 1. The van der Waals surface area contributed by atoms with E-state index in [0.29, 0.717) is 13.2 Å². The van der Waals surface area contributed by atoms with Crippen LogP contribution in [0.4, 0.5) is 0 Å². The van der Waals surface area contributed by atoms with Gasteiger partial charge in [0.1, 0.15) is 0 Å². The number of aliphatic carboxylic acids is 1. The summed E-state index contributed by atoms with van der Waals surface area (Å²) < 4.78 is 5.61. The average molecular weight is 284 g/mol. The van der Waals surface area contributed by atoms with Gasteiger partial charge in [-0.2, -0.15) is 0 Å². The molecule has 2 aliphatic rings. The molecule has 1 saturated carbocycles. The zero-order valence-corrected chi connectivity index (χ0v) is 12.4. The normalized spacial score (nSPS) is 32.6. The van der Waals surface area contributed by atoms with Crippen molar-refractivity contribution in [1.82, 2.24) is 10.2 Å². The molecule has 1 aliphatic heterocycles. The molecule has 3 unspecified atom stereocenters. The van der Waals surface area contributed by atoms with Crippen LogP contribution < -0.4 is 5.32 Å². The Labute approximate surface area is 119 Å². The number of ether oxygens (including phenoxy) is 1. The van der Waals surface area contributed by atoms with E-state index in [1.165, 1.54) is 0 Å². The molecule has 6 nitrogen and oxygen atoms in total. The zero-order valence-electron chi connectivity index (χ0n) is 12.4. The number of nitrogens with one attached hydrogen (secondary N) is 1. The highest BCUT2D eigenvalue weighted by molar-refractivity contribution is 5.91. The lowest BCUT2D eigenvalue weighted by Crippen LogP contribution is -2.47. The Morgan fingerprint density at radius 1 is 1.40 bits per heavy atom. The summed E-state index contributed by atoms with van der Waals surface area (Å²) in [5.41, 5.74) is -0.446. The largest absolute Gasteiger partial charge is 0.481 e. The molecule has 6 heteroatoms. The third-order valence-corrected chi connectivity index (χ3v) is 4.55. The van der Waals surface area contributed by atoms with Gasteiger partial charge in [0.05, 0.1) is 24.5 Å². The van der Waals surface area contributed by atoms with Crippen LogP contribution in [0, 0.1) is 17.3 Å². The lowest BCUT2D eigenvalue weighted by atomic mass is 10.1. The average Bonchev–Trinajstić information content (AvgIpc) is 2.99. The van der Waals surface area contributed by atoms with Crippen molar-refractivity contribution in [3.8, 4) is 0 Å². The summed E-state index contributed by atoms with van der Waals surface area (Å²) in [5.74, 6) is -2.05. The van der Waals surface area contributed by atoms with Crippen molar-refractivity contribution in [1.29, 1.82) is 0 Å². The molecule has 20 heavy (non-hydrogen) atoms. The van der Waals surface area contributed by atoms with Crippen LogP contribution in [0.1, 0.15) is 20.8 Å². The summed E-state index contributed by atoms with van der Waals surface area (Å²) in [6.07, 6.45) is -0.00205. The first kappa shape index (κ1) is 15.3. The first-order valence-electron chi connectivity index (χ1n) is 7.22. The summed E-state index contributed by atoms with van der Waals surface area (Å²) in [4.78, 5) is 25.4. The van der Waals surface area contributed by atoms with Crippen molar-refractivity contribution in [2.45, 2.75) is 26.9 Å². The number of rotatable bonds is 5. The van der Waals surface area contributed by atoms with E-state index in [1.54, 1.807) is 0 Å². The van der Waals surface area contributed by atoms with Gasteiger partial charge in [0.25, 0.3) is 0 Å². The third-order valence-electron chi connectivity index (χ3n) is 4.55. The van der Waals surface area contributed by atoms with Gasteiger partial charge in [-0.1, -0.05) is 20.8 Å². The van der Waals surface area contributed by atoms with Gasteiger partial charge in [-0.3, -0.25) is 14.5 Å². The van der Waals surface area contributed by atoms with E-state index in [2.05, 4.69) is 17.1 Å². The van der Waals surface area contributed by atoms with Gasteiger partial charge in [0.15, 0.2) is 0 Å². The molecule has 0 aromatic heterocycles. The lowest BCUT2D eigenvalue weighted by molar-refractivity contribution is -0.140. The van der Waals surface area contributed by atoms with E-state index in [4.69, 9.17) is 9.84 Å². The molecule has 1 aliphatic carbocycles. The maximum absolute atomic E-state index is 12.1. The number of hydrogen-bond acceptors (Lipinski definition) is 4. The minimum Gasteiger partial charge on any atom is -0.481 e. The lowest BCUT2D eigenvalue weighted by Gasteiger charge is -2.32. The Kier molecular flexibility index (Phi) is 4.34. The number of morpholine rings is 1. The Hall–Kier alpha value is -1.14. The molecule has 1 saturated heterocycles. The SMILES string of the molecule is CCN1CCOC(CNC(=O)C2C(C(=O)O)C2(C)C)C1. The van der Waals surface area contributed by atoms with E-state index >= 15 is 0 Å². The van der Waals surface area contributed by atoms with E-state index in [-0.39, 0.29) is 12.0 Å². The summed E-state index contributed by atoms with van der Waals surface area (Å²) >= 11 is 0. The molecule has 0 radical (unpaired) electrons. The number of carboxylic acid groups (broad SMARTS) is 1. The molecule has 2 rings (SSSR count). The zero-order chi connectivity index (χ0) is 14.9. The highest BCUT2D eigenvalue weighted by Gasteiger charge is 2.65. The molecule has 1 heterocycles. The van der Waals surface area contributed by atoms with Gasteiger partial charge in [0.2, 0.25) is 5.91 Å². The first-order chi connectivity index (χ1) is 9.37. The Morgan fingerprint density at radius 3 is 2.65 bits per heavy atom. The fourth-order valence-electron chi connectivity index (χ4n) is 3.10. The van der Waals surface area contributed by atoms with Crippen molar-refractivity contribution >= 4 is 11.9 Å². The molecule has 0 spiro atoms. The molecule has 3 atom stereocenters. The standard InChI is InChI=1S/C14H24N2O4/c1-4-16-5-6-20-9(8-16)7-15-12(17)10-11(13(18)19)14(10,2)3/h9-11H,4-8H2,1-3H3,(H,15,17)(H,18,19). The minimum atomic E-state index is -0.888. The number of amides is 1. The van der Waals surface area contributed by atoms with E-state index < -0.39 is 23.2 Å². The molecule has 1 amide bonds. The van der Waals surface area contributed by atoms with Gasteiger partial charge in [-0.15, -0.1) is 0 Å². The number of carboxylic acids is 1. The third kappa shape index (κ3) is 2.96. The van der Waals surface area contributed by atoms with Gasteiger partial charge >= 0.3 is 5.97 Å². The molecule has 114 valence electrons. The van der Waals surface area contributed by atoms with Crippen molar-refractivity contribution in [2.24, 2.45) is 17.3 Å².